The van der Waals surface area contributed by atoms with Gasteiger partial charge in [0, 0.05) is 43.4 Å². The number of ketones is 3. The maximum absolute atomic E-state index is 13.7. The number of carbonyl (C=O) groups is 3. The summed E-state index contributed by atoms with van der Waals surface area (Å²) >= 11 is 11.9. The highest BCUT2D eigenvalue weighted by Crippen LogP contribution is 2.26. The third-order valence-corrected chi connectivity index (χ3v) is 12.1. The van der Waals surface area contributed by atoms with Gasteiger partial charge in [-0.1, -0.05) is 180 Å². The zero-order valence-electron chi connectivity index (χ0n) is 36.7. The van der Waals surface area contributed by atoms with Gasteiger partial charge >= 0.3 is 0 Å². The Hall–Kier alpha value is -1.55. The number of carbonyl (C=O) groups excluding carboxylic acids is 3. The van der Waals surface area contributed by atoms with E-state index in [1.54, 1.807) is 0 Å². The Morgan fingerprint density at radius 2 is 0.948 bits per heavy atom. The highest BCUT2D eigenvalue weighted by Gasteiger charge is 2.54. The first kappa shape index (κ1) is 54.5. The molecular formula is C48H84Cl2N2O6. The Labute approximate surface area is 363 Å². The number of nitrogens with zero attached hydrogens (tertiary/aromatic N) is 1. The Bertz CT molecular complexity index is 1180. The fourth-order valence-electron chi connectivity index (χ4n) is 7.85. The van der Waals surface area contributed by atoms with Crippen LogP contribution in [0.5, 0.6) is 0 Å². The van der Waals surface area contributed by atoms with E-state index in [-0.39, 0.29) is 19.3 Å². The molecule has 0 aromatic heterocycles. The molecule has 0 aliphatic heterocycles. The molecule has 8 nitrogen and oxygen atoms in total. The van der Waals surface area contributed by atoms with Crippen LogP contribution >= 0.6 is 23.2 Å². The van der Waals surface area contributed by atoms with Crippen molar-refractivity contribution in [2.45, 2.75) is 224 Å². The molecule has 10 heteroatoms. The first-order valence-electron chi connectivity index (χ1n) is 23.5. The number of Topliss-reactive ketones (excluding diaryl/α,β-unsaturated/α-hetero) is 3. The summed E-state index contributed by atoms with van der Waals surface area (Å²) in [5.41, 5.74) is 4.92. The van der Waals surface area contributed by atoms with Gasteiger partial charge in [0.2, 0.25) is 0 Å². The molecule has 0 amide bonds. The van der Waals surface area contributed by atoms with Crippen LogP contribution in [0.1, 0.15) is 199 Å². The molecule has 336 valence electrons. The number of hydrogen-bond acceptors (Lipinski definition) is 8. The number of halogens is 2. The SMILES string of the molecule is CCCCCCCCCCCCCCCC(=O)C(O)C(O)(C(=O)CCCCCCCCCCCCCCC)C(O)C(=O)C(N)Cc1ccc(N(CCCl)CCCl)cc1. The Morgan fingerprint density at radius 1 is 0.586 bits per heavy atom. The molecule has 0 fully saturated rings. The third kappa shape index (κ3) is 22.9. The van der Waals surface area contributed by atoms with Crippen molar-refractivity contribution >= 4 is 46.2 Å². The molecule has 4 unspecified atom stereocenters. The quantitative estimate of drug-likeness (QED) is 0.0377. The Kier molecular flexibility index (Phi) is 33.0. The van der Waals surface area contributed by atoms with Crippen LogP contribution < -0.4 is 10.6 Å². The minimum Gasteiger partial charge on any atom is -0.382 e. The molecule has 58 heavy (non-hydrogen) atoms. The van der Waals surface area contributed by atoms with Crippen molar-refractivity contribution in [3.63, 3.8) is 0 Å². The number of benzene rings is 1. The van der Waals surface area contributed by atoms with Crippen molar-refractivity contribution in [3.05, 3.63) is 29.8 Å². The van der Waals surface area contributed by atoms with E-state index >= 15 is 0 Å². The molecule has 0 aliphatic carbocycles. The summed E-state index contributed by atoms with van der Waals surface area (Å²) in [6.07, 6.45) is 24.4. The van der Waals surface area contributed by atoms with E-state index in [1.165, 1.54) is 103 Å². The van der Waals surface area contributed by atoms with E-state index in [0.717, 1.165) is 57.1 Å². The number of alkyl halides is 2. The van der Waals surface area contributed by atoms with Gasteiger partial charge in [0.1, 0.15) is 0 Å². The van der Waals surface area contributed by atoms with Gasteiger partial charge < -0.3 is 26.0 Å². The Morgan fingerprint density at radius 3 is 1.33 bits per heavy atom. The van der Waals surface area contributed by atoms with Crippen LogP contribution in [0.2, 0.25) is 0 Å². The minimum atomic E-state index is -2.98. The normalized spacial score (nSPS) is 14.2. The largest absolute Gasteiger partial charge is 0.382 e. The van der Waals surface area contributed by atoms with Gasteiger partial charge in [-0.05, 0) is 37.0 Å². The fourth-order valence-corrected chi connectivity index (χ4v) is 8.26. The van der Waals surface area contributed by atoms with Crippen molar-refractivity contribution in [2.75, 3.05) is 29.7 Å². The van der Waals surface area contributed by atoms with E-state index in [4.69, 9.17) is 28.9 Å². The molecule has 0 saturated heterocycles. The summed E-state index contributed by atoms with van der Waals surface area (Å²) in [5.74, 6) is -1.78. The summed E-state index contributed by atoms with van der Waals surface area (Å²) < 4.78 is 0. The highest BCUT2D eigenvalue weighted by atomic mass is 35.5. The van der Waals surface area contributed by atoms with E-state index in [1.807, 2.05) is 29.2 Å². The van der Waals surface area contributed by atoms with Crippen molar-refractivity contribution in [2.24, 2.45) is 5.73 Å². The molecule has 1 aromatic rings. The first-order chi connectivity index (χ1) is 28.1. The second-order valence-electron chi connectivity index (χ2n) is 16.7. The fraction of sp³-hybridized carbons (Fsp3) is 0.812. The van der Waals surface area contributed by atoms with Gasteiger partial charge in [-0.15, -0.1) is 23.2 Å². The number of rotatable bonds is 41. The number of aliphatic hydroxyl groups is 3. The molecule has 1 aromatic carbocycles. The smallest absolute Gasteiger partial charge is 0.189 e. The van der Waals surface area contributed by atoms with Crippen LogP contribution in [-0.2, 0) is 20.8 Å². The van der Waals surface area contributed by atoms with Crippen molar-refractivity contribution in [3.8, 4) is 0 Å². The van der Waals surface area contributed by atoms with E-state index < -0.39 is 41.2 Å². The number of hydrogen-bond donors (Lipinski definition) is 4. The van der Waals surface area contributed by atoms with Gasteiger partial charge in [-0.3, -0.25) is 14.4 Å². The van der Waals surface area contributed by atoms with Gasteiger partial charge in [0.25, 0.3) is 0 Å². The summed E-state index contributed by atoms with van der Waals surface area (Å²) in [6.45, 7) is 5.69. The van der Waals surface area contributed by atoms with Crippen molar-refractivity contribution in [1.29, 1.82) is 0 Å². The van der Waals surface area contributed by atoms with Crippen LogP contribution in [0.15, 0.2) is 24.3 Å². The molecule has 4 atom stereocenters. The van der Waals surface area contributed by atoms with Crippen molar-refractivity contribution in [1.82, 2.24) is 0 Å². The van der Waals surface area contributed by atoms with Gasteiger partial charge in [0.05, 0.1) is 6.04 Å². The summed E-state index contributed by atoms with van der Waals surface area (Å²) in [6, 6.07) is 6.07. The molecule has 0 saturated carbocycles. The number of anilines is 1. The monoisotopic (exact) mass is 855 g/mol. The predicted molar refractivity (Wildman–Crippen MR) is 244 cm³/mol. The number of nitrogens with two attached hydrogens (primary N) is 1. The lowest BCUT2D eigenvalue weighted by molar-refractivity contribution is -0.182. The maximum Gasteiger partial charge on any atom is 0.189 e. The van der Waals surface area contributed by atoms with Crippen LogP contribution in [0.25, 0.3) is 0 Å². The second kappa shape index (κ2) is 35.1. The summed E-state index contributed by atoms with van der Waals surface area (Å²) in [4.78, 5) is 42.7. The number of unbranched alkanes of at least 4 members (excludes halogenated alkanes) is 24. The zero-order chi connectivity index (χ0) is 42.9. The molecule has 0 aliphatic rings. The molecule has 0 heterocycles. The van der Waals surface area contributed by atoms with Crippen LogP contribution in [0.4, 0.5) is 5.69 Å². The van der Waals surface area contributed by atoms with Gasteiger partial charge in [-0.25, -0.2) is 0 Å². The van der Waals surface area contributed by atoms with Crippen LogP contribution in [-0.4, -0.2) is 81.4 Å². The average molecular weight is 856 g/mol. The lowest BCUT2D eigenvalue weighted by Gasteiger charge is -2.35. The standard InChI is InChI=1S/C48H84Cl2N2O6/c1-3-5-7-9-11-13-15-17-19-21-23-25-27-29-43(53)46(56)48(58,44(54)30-28-26-24-22-20-18-16-14-12-10-8-6-4-2)47(57)45(55)42(51)39-40-31-33-41(34-32-40)52(37-35-49)38-36-50/h31-34,42,46-47,56-58H,3-30,35-39,51H2,1-2H3. The van der Waals surface area contributed by atoms with E-state index in [0.29, 0.717) is 43.3 Å². The molecule has 0 bridgehead atoms. The molecule has 0 radical (unpaired) electrons. The predicted octanol–water partition coefficient (Wildman–Crippen LogP) is 11.0. The minimum absolute atomic E-state index is 0.0211. The van der Waals surface area contributed by atoms with E-state index in [2.05, 4.69) is 13.8 Å². The molecule has 5 N–H and O–H groups in total. The maximum atomic E-state index is 13.7. The van der Waals surface area contributed by atoms with Crippen LogP contribution in [0, 0.1) is 0 Å². The zero-order valence-corrected chi connectivity index (χ0v) is 38.2. The topological polar surface area (TPSA) is 141 Å². The third-order valence-electron chi connectivity index (χ3n) is 11.7. The molecule has 0 spiro atoms. The van der Waals surface area contributed by atoms with Crippen LogP contribution in [0.3, 0.4) is 0 Å². The molecule has 1 rings (SSSR count). The lowest BCUT2D eigenvalue weighted by atomic mass is 9.77. The lowest BCUT2D eigenvalue weighted by Crippen LogP contribution is -2.65. The highest BCUT2D eigenvalue weighted by molar-refractivity contribution is 6.18. The summed E-state index contributed by atoms with van der Waals surface area (Å²) in [7, 11) is 0. The number of aliphatic hydroxyl groups excluding tert-OH is 2. The summed E-state index contributed by atoms with van der Waals surface area (Å²) in [5, 5.41) is 34.4. The second-order valence-corrected chi connectivity index (χ2v) is 17.5. The molecular weight excluding hydrogens is 771 g/mol. The first-order valence-corrected chi connectivity index (χ1v) is 24.5. The van der Waals surface area contributed by atoms with Gasteiger partial charge in [-0.2, -0.15) is 0 Å². The Balaban J connectivity index is 2.79. The van der Waals surface area contributed by atoms with Crippen molar-refractivity contribution < 1.29 is 29.7 Å². The van der Waals surface area contributed by atoms with Gasteiger partial charge in [0.15, 0.2) is 35.2 Å². The average Bonchev–Trinajstić information content (AvgIpc) is 3.23. The van der Waals surface area contributed by atoms with E-state index in [9.17, 15) is 29.7 Å².